The number of ether oxygens (including phenoxy) is 2. The Morgan fingerprint density at radius 2 is 1.83 bits per heavy atom. The van der Waals surface area contributed by atoms with Crippen LogP contribution in [0.4, 0.5) is 5.82 Å². The Morgan fingerprint density at radius 1 is 1.08 bits per heavy atom. The van der Waals surface area contributed by atoms with E-state index in [0.717, 1.165) is 36.3 Å². The summed E-state index contributed by atoms with van der Waals surface area (Å²) >= 11 is 0. The highest BCUT2D eigenvalue weighted by Crippen LogP contribution is 2.49. The molecule has 36 heavy (non-hydrogen) atoms. The zero-order chi connectivity index (χ0) is 25.6. The third kappa shape index (κ3) is 4.42. The van der Waals surface area contributed by atoms with E-state index in [1.165, 1.54) is 0 Å². The molecule has 1 saturated carbocycles. The number of carbonyl (C=O) groups excluding carboxylic acids is 2. The Kier molecular flexibility index (Phi) is 6.62. The molecule has 0 bridgehead atoms. The molecule has 1 aliphatic carbocycles. The van der Waals surface area contributed by atoms with Crippen LogP contribution in [0.3, 0.4) is 0 Å². The maximum atomic E-state index is 14.0. The van der Waals surface area contributed by atoms with Crippen molar-refractivity contribution in [2.45, 2.75) is 66.0 Å². The van der Waals surface area contributed by atoms with Gasteiger partial charge in [0.2, 0.25) is 0 Å². The molecule has 0 saturated heterocycles. The van der Waals surface area contributed by atoms with E-state index in [1.54, 1.807) is 4.90 Å². The van der Waals surface area contributed by atoms with Crippen molar-refractivity contribution in [1.82, 2.24) is 4.98 Å². The monoisotopic (exact) mass is 488 g/mol. The standard InChI is InChI=1S/C30H36N2O4/c1-17(2)12-13-35-22-10-7-9-21(16-22)27-26-28(33)23-14-18(3)19(4)15-24(23)36-29(26)30(34)32(27)25-11-6-8-20(5)31-25/h6-11,16-19,23-24,27H,12-15H2,1-5H3. The average Bonchev–Trinajstić information content (AvgIpc) is 3.13. The Bertz CT molecular complexity index is 1200. The molecule has 190 valence electrons. The minimum absolute atomic E-state index is 0.0413. The van der Waals surface area contributed by atoms with Gasteiger partial charge in [-0.05, 0) is 73.8 Å². The van der Waals surface area contributed by atoms with Crippen LogP contribution in [0.25, 0.3) is 0 Å². The van der Waals surface area contributed by atoms with E-state index >= 15 is 0 Å². The number of anilines is 1. The molecule has 1 aromatic carbocycles. The van der Waals surface area contributed by atoms with Crippen LogP contribution in [-0.2, 0) is 14.3 Å². The summed E-state index contributed by atoms with van der Waals surface area (Å²) < 4.78 is 12.4. The van der Waals surface area contributed by atoms with Crippen LogP contribution in [0.2, 0.25) is 0 Å². The number of nitrogens with zero attached hydrogens (tertiary/aromatic N) is 2. The number of benzene rings is 1. The summed E-state index contributed by atoms with van der Waals surface area (Å²) in [6.07, 6.45) is 2.27. The van der Waals surface area contributed by atoms with Crippen molar-refractivity contribution in [2.75, 3.05) is 11.5 Å². The molecule has 0 N–H and O–H groups in total. The molecule has 0 spiro atoms. The number of hydrogen-bond donors (Lipinski definition) is 0. The van der Waals surface area contributed by atoms with E-state index in [4.69, 9.17) is 9.47 Å². The largest absolute Gasteiger partial charge is 0.494 e. The number of ketones is 1. The number of hydrogen-bond acceptors (Lipinski definition) is 5. The molecule has 6 heteroatoms. The summed E-state index contributed by atoms with van der Waals surface area (Å²) in [4.78, 5) is 34.2. The third-order valence-corrected chi connectivity index (χ3v) is 7.97. The Hall–Kier alpha value is -3.15. The summed E-state index contributed by atoms with van der Waals surface area (Å²) in [6.45, 7) is 11.2. The Morgan fingerprint density at radius 3 is 2.58 bits per heavy atom. The fourth-order valence-corrected chi connectivity index (χ4v) is 5.66. The number of aryl methyl sites for hydroxylation is 1. The van der Waals surface area contributed by atoms with Gasteiger partial charge in [0.05, 0.1) is 24.1 Å². The molecule has 3 aliphatic rings. The predicted octanol–water partition coefficient (Wildman–Crippen LogP) is 5.81. The van der Waals surface area contributed by atoms with Crippen molar-refractivity contribution in [2.24, 2.45) is 23.7 Å². The van der Waals surface area contributed by atoms with Crippen molar-refractivity contribution >= 4 is 17.5 Å². The third-order valence-electron chi connectivity index (χ3n) is 7.97. The SMILES string of the molecule is Cc1cccc(N2C(=O)C3=C(C(=O)C4CC(C)C(C)CC4O3)C2c2cccc(OCCC(C)C)c2)n1. The summed E-state index contributed by atoms with van der Waals surface area (Å²) in [5.74, 6) is 2.40. The van der Waals surface area contributed by atoms with Crippen molar-refractivity contribution in [3.63, 3.8) is 0 Å². The lowest BCUT2D eigenvalue weighted by Crippen LogP contribution is -2.43. The molecule has 3 heterocycles. The molecule has 1 amide bonds. The minimum atomic E-state index is -0.599. The van der Waals surface area contributed by atoms with Crippen LogP contribution in [0.1, 0.15) is 64.3 Å². The van der Waals surface area contributed by atoms with Gasteiger partial charge in [0.15, 0.2) is 11.5 Å². The Balaban J connectivity index is 1.57. The lowest BCUT2D eigenvalue weighted by atomic mass is 9.70. The molecule has 2 aromatic rings. The van der Waals surface area contributed by atoms with Gasteiger partial charge >= 0.3 is 0 Å². The summed E-state index contributed by atoms with van der Waals surface area (Å²) in [6, 6.07) is 12.8. The lowest BCUT2D eigenvalue weighted by molar-refractivity contribution is -0.134. The van der Waals surface area contributed by atoms with E-state index in [9.17, 15) is 9.59 Å². The van der Waals surface area contributed by atoms with Crippen molar-refractivity contribution in [3.05, 3.63) is 65.1 Å². The Labute approximate surface area is 213 Å². The fraction of sp³-hybridized carbons (Fsp3) is 0.500. The lowest BCUT2D eigenvalue weighted by Gasteiger charge is -2.40. The van der Waals surface area contributed by atoms with Gasteiger partial charge in [-0.3, -0.25) is 14.5 Å². The molecule has 1 fully saturated rings. The first-order valence-corrected chi connectivity index (χ1v) is 13.2. The number of aromatic nitrogens is 1. The summed E-state index contributed by atoms with van der Waals surface area (Å²) in [5.41, 5.74) is 2.09. The van der Waals surface area contributed by atoms with Gasteiger partial charge in [-0.15, -0.1) is 0 Å². The quantitative estimate of drug-likeness (QED) is 0.513. The van der Waals surface area contributed by atoms with Crippen LogP contribution < -0.4 is 9.64 Å². The normalized spacial score (nSPS) is 27.7. The van der Waals surface area contributed by atoms with Gasteiger partial charge in [0.25, 0.3) is 5.91 Å². The topological polar surface area (TPSA) is 68.7 Å². The van der Waals surface area contributed by atoms with Gasteiger partial charge in [-0.25, -0.2) is 4.98 Å². The van der Waals surface area contributed by atoms with E-state index in [0.29, 0.717) is 35.8 Å². The molecule has 5 unspecified atom stereocenters. The van der Waals surface area contributed by atoms with Crippen molar-refractivity contribution in [3.8, 4) is 5.75 Å². The highest BCUT2D eigenvalue weighted by Gasteiger charge is 2.54. The predicted molar refractivity (Wildman–Crippen MR) is 139 cm³/mol. The molecule has 2 aliphatic heterocycles. The molecule has 5 rings (SSSR count). The van der Waals surface area contributed by atoms with Gasteiger partial charge in [0.1, 0.15) is 17.7 Å². The smallest absolute Gasteiger partial charge is 0.295 e. The number of amides is 1. The average molecular weight is 489 g/mol. The maximum absolute atomic E-state index is 14.0. The number of carbonyl (C=O) groups is 2. The molecular formula is C30H36N2O4. The van der Waals surface area contributed by atoms with E-state index in [1.807, 2.05) is 49.4 Å². The van der Waals surface area contributed by atoms with Gasteiger partial charge < -0.3 is 9.47 Å². The zero-order valence-electron chi connectivity index (χ0n) is 21.9. The van der Waals surface area contributed by atoms with Crippen LogP contribution in [0.15, 0.2) is 53.8 Å². The van der Waals surface area contributed by atoms with Gasteiger partial charge in [-0.1, -0.05) is 45.9 Å². The molecular weight excluding hydrogens is 452 g/mol. The highest BCUT2D eigenvalue weighted by molar-refractivity contribution is 6.17. The zero-order valence-corrected chi connectivity index (χ0v) is 21.9. The van der Waals surface area contributed by atoms with Crippen LogP contribution in [0.5, 0.6) is 5.75 Å². The first-order chi connectivity index (χ1) is 17.2. The minimum Gasteiger partial charge on any atom is -0.494 e. The number of pyridine rings is 1. The summed E-state index contributed by atoms with van der Waals surface area (Å²) in [7, 11) is 0. The van der Waals surface area contributed by atoms with Gasteiger partial charge in [-0.2, -0.15) is 0 Å². The highest BCUT2D eigenvalue weighted by atomic mass is 16.5. The first kappa shape index (κ1) is 24.5. The molecule has 5 atom stereocenters. The number of rotatable bonds is 6. The van der Waals surface area contributed by atoms with Gasteiger partial charge in [0, 0.05) is 5.69 Å². The van der Waals surface area contributed by atoms with E-state index in [2.05, 4.69) is 32.7 Å². The fourth-order valence-electron chi connectivity index (χ4n) is 5.66. The molecule has 6 nitrogen and oxygen atoms in total. The van der Waals surface area contributed by atoms with E-state index in [-0.39, 0.29) is 29.5 Å². The second-order valence-corrected chi connectivity index (χ2v) is 11.1. The number of fused-ring (bicyclic) bond motifs is 1. The second kappa shape index (κ2) is 9.72. The number of Topliss-reactive ketones (excluding diaryl/α,β-unsaturated/α-hetero) is 1. The van der Waals surface area contributed by atoms with Crippen molar-refractivity contribution < 1.29 is 19.1 Å². The maximum Gasteiger partial charge on any atom is 0.295 e. The van der Waals surface area contributed by atoms with Crippen LogP contribution in [-0.4, -0.2) is 29.4 Å². The van der Waals surface area contributed by atoms with Crippen LogP contribution in [0, 0.1) is 30.6 Å². The van der Waals surface area contributed by atoms with E-state index < -0.39 is 6.04 Å². The van der Waals surface area contributed by atoms with Crippen molar-refractivity contribution in [1.29, 1.82) is 0 Å². The molecule has 1 aromatic heterocycles. The molecule has 0 radical (unpaired) electrons. The van der Waals surface area contributed by atoms with Crippen LogP contribution >= 0.6 is 0 Å². The first-order valence-electron chi connectivity index (χ1n) is 13.2. The summed E-state index contributed by atoms with van der Waals surface area (Å²) in [5, 5.41) is 0. The second-order valence-electron chi connectivity index (χ2n) is 11.1.